The largest absolute Gasteiger partial charge is 0.486 e. The van der Waals surface area contributed by atoms with Gasteiger partial charge in [0.2, 0.25) is 5.75 Å². The SMILES string of the molecule is C=S(C)(=O)CCOc1c(OC)nc2ccc(C(O)(c3ccc(C)nc3C)c3cnnn3C)cc2c1Cl. The molecule has 0 aliphatic carbocycles. The number of hydrogen-bond acceptors (Lipinski definition) is 8. The van der Waals surface area contributed by atoms with Gasteiger partial charge in [0.05, 0.1) is 36.1 Å². The van der Waals surface area contributed by atoms with Crippen LogP contribution in [0.4, 0.5) is 0 Å². The number of ether oxygens (including phenoxy) is 2. The smallest absolute Gasteiger partial charge is 0.258 e. The molecule has 190 valence electrons. The molecule has 3 heterocycles. The van der Waals surface area contributed by atoms with Crippen molar-refractivity contribution in [2.75, 3.05) is 25.7 Å². The molecule has 0 bridgehead atoms. The average Bonchev–Trinajstić information content (AvgIpc) is 3.25. The first kappa shape index (κ1) is 25.9. The summed E-state index contributed by atoms with van der Waals surface area (Å²) in [6, 6.07) is 8.97. The Balaban J connectivity index is 1.92. The molecular weight excluding hydrogens is 502 g/mol. The molecule has 1 aromatic carbocycles. The Bertz CT molecular complexity index is 1550. The van der Waals surface area contributed by atoms with E-state index in [1.54, 1.807) is 31.5 Å². The van der Waals surface area contributed by atoms with Gasteiger partial charge in [0.15, 0.2) is 5.60 Å². The molecule has 0 saturated heterocycles. The summed E-state index contributed by atoms with van der Waals surface area (Å²) in [5.74, 6) is 4.33. The second-order valence-electron chi connectivity index (χ2n) is 8.77. The fraction of sp³-hybridized carbons (Fsp3) is 0.320. The van der Waals surface area contributed by atoms with Crippen LogP contribution in [0, 0.1) is 13.8 Å². The first-order valence-electron chi connectivity index (χ1n) is 11.1. The molecule has 1 N–H and O–H groups in total. The van der Waals surface area contributed by atoms with Crippen molar-refractivity contribution in [3.8, 4) is 11.6 Å². The second-order valence-corrected chi connectivity index (χ2v) is 11.9. The number of rotatable bonds is 8. The first-order chi connectivity index (χ1) is 17.0. The highest BCUT2D eigenvalue weighted by atomic mass is 35.5. The summed E-state index contributed by atoms with van der Waals surface area (Å²) >= 11 is 6.80. The molecule has 4 rings (SSSR count). The predicted octanol–water partition coefficient (Wildman–Crippen LogP) is 3.05. The van der Waals surface area contributed by atoms with Crippen LogP contribution in [0.3, 0.4) is 0 Å². The number of pyridine rings is 2. The van der Waals surface area contributed by atoms with Gasteiger partial charge in [-0.15, -0.1) is 5.10 Å². The van der Waals surface area contributed by atoms with Gasteiger partial charge in [-0.3, -0.25) is 9.19 Å². The number of hydrogen-bond donors (Lipinski definition) is 1. The lowest BCUT2D eigenvalue weighted by Gasteiger charge is -2.30. The van der Waals surface area contributed by atoms with Crippen molar-refractivity contribution in [2.45, 2.75) is 19.4 Å². The Kier molecular flexibility index (Phi) is 6.96. The number of benzene rings is 1. The van der Waals surface area contributed by atoms with Gasteiger partial charge in [-0.25, -0.2) is 9.67 Å². The summed E-state index contributed by atoms with van der Waals surface area (Å²) in [6.45, 7) is 3.86. The molecule has 0 spiro atoms. The molecule has 2 atom stereocenters. The van der Waals surface area contributed by atoms with Crippen LogP contribution in [0.25, 0.3) is 10.9 Å². The third kappa shape index (κ3) is 4.76. The third-order valence-corrected chi connectivity index (χ3v) is 7.33. The maximum absolute atomic E-state index is 12.3. The monoisotopic (exact) mass is 529 g/mol. The number of aryl methyl sites for hydroxylation is 3. The summed E-state index contributed by atoms with van der Waals surface area (Å²) in [6.07, 6.45) is 3.09. The zero-order valence-electron chi connectivity index (χ0n) is 20.8. The van der Waals surface area contributed by atoms with Crippen LogP contribution in [0.5, 0.6) is 11.6 Å². The molecule has 0 aliphatic rings. The van der Waals surface area contributed by atoms with Gasteiger partial charge in [0, 0.05) is 41.4 Å². The van der Waals surface area contributed by atoms with Gasteiger partial charge < -0.3 is 14.6 Å². The van der Waals surface area contributed by atoms with Gasteiger partial charge in [0.1, 0.15) is 0 Å². The Morgan fingerprint density at radius 3 is 2.58 bits per heavy atom. The molecular formula is C25H28ClN5O4S. The second kappa shape index (κ2) is 9.68. The summed E-state index contributed by atoms with van der Waals surface area (Å²) in [4.78, 5) is 9.09. The van der Waals surface area contributed by atoms with Crippen molar-refractivity contribution in [1.82, 2.24) is 25.0 Å². The van der Waals surface area contributed by atoms with E-state index in [9.17, 15) is 9.32 Å². The maximum Gasteiger partial charge on any atom is 0.258 e. The van der Waals surface area contributed by atoms with Crippen molar-refractivity contribution in [1.29, 1.82) is 0 Å². The number of nitrogens with zero attached hydrogens (tertiary/aromatic N) is 5. The summed E-state index contributed by atoms with van der Waals surface area (Å²) in [7, 11) is 0.938. The van der Waals surface area contributed by atoms with Crippen LogP contribution >= 0.6 is 11.6 Å². The first-order valence-corrected chi connectivity index (χ1v) is 13.8. The van der Waals surface area contributed by atoms with Gasteiger partial charge in [-0.2, -0.15) is 0 Å². The van der Waals surface area contributed by atoms with Gasteiger partial charge >= 0.3 is 0 Å². The van der Waals surface area contributed by atoms with E-state index in [-0.39, 0.29) is 29.0 Å². The zero-order chi connectivity index (χ0) is 26.3. The van der Waals surface area contributed by atoms with E-state index in [0.717, 1.165) is 5.69 Å². The van der Waals surface area contributed by atoms with Crippen molar-refractivity contribution < 1.29 is 18.8 Å². The molecule has 2 unspecified atom stereocenters. The van der Waals surface area contributed by atoms with Crippen LogP contribution in [0.15, 0.2) is 36.5 Å². The number of fused-ring (bicyclic) bond motifs is 1. The van der Waals surface area contributed by atoms with Crippen LogP contribution in [-0.2, 0) is 22.2 Å². The highest BCUT2D eigenvalue weighted by Crippen LogP contribution is 2.43. The van der Waals surface area contributed by atoms with E-state index in [1.807, 2.05) is 26.0 Å². The molecule has 11 heteroatoms. The summed E-state index contributed by atoms with van der Waals surface area (Å²) in [5, 5.41) is 21.1. The minimum absolute atomic E-state index is 0.126. The Morgan fingerprint density at radius 1 is 1.22 bits per heavy atom. The third-order valence-electron chi connectivity index (χ3n) is 5.92. The molecule has 0 aliphatic heterocycles. The lowest BCUT2D eigenvalue weighted by Crippen LogP contribution is -2.32. The van der Waals surface area contributed by atoms with Crippen LogP contribution in [0.2, 0.25) is 5.02 Å². The van der Waals surface area contributed by atoms with Crippen LogP contribution in [-0.4, -0.2) is 65.9 Å². The van der Waals surface area contributed by atoms with E-state index in [1.165, 1.54) is 18.0 Å². The average molecular weight is 530 g/mol. The number of halogens is 1. The molecule has 0 saturated carbocycles. The van der Waals surface area contributed by atoms with Gasteiger partial charge in [-0.05, 0) is 53.0 Å². The van der Waals surface area contributed by atoms with Gasteiger partial charge in [-0.1, -0.05) is 28.9 Å². The van der Waals surface area contributed by atoms with Crippen LogP contribution < -0.4 is 9.47 Å². The van der Waals surface area contributed by atoms with Crippen molar-refractivity contribution in [2.24, 2.45) is 7.05 Å². The number of aliphatic hydroxyl groups is 1. The van der Waals surface area contributed by atoms with Crippen LogP contribution in [0.1, 0.15) is 28.2 Å². The number of aromatic nitrogens is 5. The van der Waals surface area contributed by atoms with E-state index in [0.29, 0.717) is 33.4 Å². The highest BCUT2D eigenvalue weighted by Gasteiger charge is 2.39. The minimum atomic E-state index is -2.24. The predicted molar refractivity (Wildman–Crippen MR) is 142 cm³/mol. The van der Waals surface area contributed by atoms with Crippen molar-refractivity contribution in [3.63, 3.8) is 0 Å². The standard InChI is InChI=1S/C25H28ClN5O4S/c1-15-7-9-19(16(2)28-15)25(32,21-14-27-30-31(21)3)17-8-10-20-18(13-17)22(26)23(24(29-20)34-4)35-11-12-36(5,6)33/h7-10,13-14,32H,5,11-12H2,1-4,6H3. The molecule has 0 radical (unpaired) electrons. The zero-order valence-corrected chi connectivity index (χ0v) is 22.4. The quantitative estimate of drug-likeness (QED) is 0.347. The van der Waals surface area contributed by atoms with E-state index >= 15 is 0 Å². The van der Waals surface area contributed by atoms with E-state index in [4.69, 9.17) is 21.1 Å². The van der Waals surface area contributed by atoms with Crippen molar-refractivity contribution in [3.05, 3.63) is 69.8 Å². The van der Waals surface area contributed by atoms with E-state index < -0.39 is 15.1 Å². The normalized spacial score (nSPS) is 14.9. The molecule has 9 nitrogen and oxygen atoms in total. The lowest BCUT2D eigenvalue weighted by molar-refractivity contribution is 0.115. The Hall–Kier alpha value is -3.21. The molecule has 3 aromatic heterocycles. The maximum atomic E-state index is 12.3. The molecule has 0 amide bonds. The minimum Gasteiger partial charge on any atom is -0.486 e. The van der Waals surface area contributed by atoms with Crippen molar-refractivity contribution >= 4 is 37.9 Å². The van der Waals surface area contributed by atoms with E-state index in [2.05, 4.69) is 26.2 Å². The summed E-state index contributed by atoms with van der Waals surface area (Å²) < 4.78 is 24.8. The number of methoxy groups -OCH3 is 1. The van der Waals surface area contributed by atoms with Gasteiger partial charge in [0.25, 0.3) is 5.88 Å². The Morgan fingerprint density at radius 2 is 1.97 bits per heavy atom. The molecule has 4 aromatic rings. The molecule has 0 fully saturated rings. The lowest BCUT2D eigenvalue weighted by atomic mass is 9.82. The topological polar surface area (TPSA) is 112 Å². The highest BCUT2D eigenvalue weighted by molar-refractivity contribution is 7.99. The summed E-state index contributed by atoms with van der Waals surface area (Å²) in [5.41, 5.74) is 1.97. The fourth-order valence-corrected chi connectivity index (χ4v) is 4.84. The molecule has 36 heavy (non-hydrogen) atoms. The fourth-order valence-electron chi connectivity index (χ4n) is 4.12. The Labute approximate surface area is 215 Å².